The van der Waals surface area contributed by atoms with Crippen molar-refractivity contribution in [2.75, 3.05) is 12.9 Å². The summed E-state index contributed by atoms with van der Waals surface area (Å²) in [5, 5.41) is 0. The van der Waals surface area contributed by atoms with Crippen LogP contribution in [0.3, 0.4) is 0 Å². The molecule has 0 aromatic rings. The van der Waals surface area contributed by atoms with Crippen molar-refractivity contribution in [3.8, 4) is 0 Å². The molecule has 0 aromatic heterocycles. The summed E-state index contributed by atoms with van der Waals surface area (Å²) in [4.78, 5) is 0. The molecule has 0 aliphatic carbocycles. The maximum absolute atomic E-state index is 11.9. The molecule has 80 valence electrons. The Morgan fingerprint density at radius 2 is 1.54 bits per heavy atom. The first-order valence-corrected chi connectivity index (χ1v) is 4.56. The van der Waals surface area contributed by atoms with E-state index >= 15 is 0 Å². The molecule has 0 fully saturated rings. The standard InChI is InChI=1S/C4H5F5O3S/c1-13(10,11)12-2-3(5,6)4(7,8)9/h2H2,1H3. The van der Waals surface area contributed by atoms with Crippen LogP contribution in [0, 0.1) is 0 Å². The predicted molar refractivity (Wildman–Crippen MR) is 31.8 cm³/mol. The third-order valence-electron chi connectivity index (χ3n) is 0.869. The van der Waals surface area contributed by atoms with E-state index in [0.29, 0.717) is 6.26 Å². The summed E-state index contributed by atoms with van der Waals surface area (Å²) in [6.07, 6.45) is -5.43. The van der Waals surface area contributed by atoms with Crippen LogP contribution in [-0.2, 0) is 14.3 Å². The number of hydrogen-bond donors (Lipinski definition) is 0. The van der Waals surface area contributed by atoms with Gasteiger partial charge in [0.05, 0.1) is 6.26 Å². The van der Waals surface area contributed by atoms with E-state index in [-0.39, 0.29) is 0 Å². The largest absolute Gasteiger partial charge is 0.455 e. The molecular weight excluding hydrogens is 223 g/mol. The van der Waals surface area contributed by atoms with Gasteiger partial charge in [0.15, 0.2) is 0 Å². The van der Waals surface area contributed by atoms with Crippen LogP contribution in [0.15, 0.2) is 0 Å². The van der Waals surface area contributed by atoms with Crippen LogP contribution >= 0.6 is 0 Å². The monoisotopic (exact) mass is 228 g/mol. The fraction of sp³-hybridized carbons (Fsp3) is 1.00. The molecule has 13 heavy (non-hydrogen) atoms. The van der Waals surface area contributed by atoms with E-state index in [1.54, 1.807) is 0 Å². The van der Waals surface area contributed by atoms with Crippen LogP contribution in [0.1, 0.15) is 0 Å². The Kier molecular flexibility index (Phi) is 3.26. The molecule has 0 radical (unpaired) electrons. The second-order valence-corrected chi connectivity index (χ2v) is 3.81. The molecule has 9 heteroatoms. The molecule has 0 saturated heterocycles. The summed E-state index contributed by atoms with van der Waals surface area (Å²) in [7, 11) is -4.30. The van der Waals surface area contributed by atoms with E-state index in [4.69, 9.17) is 0 Å². The zero-order valence-corrected chi connectivity index (χ0v) is 7.05. The molecule has 0 heterocycles. The normalized spacial score (nSPS) is 14.6. The van der Waals surface area contributed by atoms with Crippen LogP contribution in [0.25, 0.3) is 0 Å². The van der Waals surface area contributed by atoms with Crippen molar-refractivity contribution in [1.29, 1.82) is 0 Å². The predicted octanol–water partition coefficient (Wildman–Crippen LogP) is 1.16. The summed E-state index contributed by atoms with van der Waals surface area (Å²) in [5.41, 5.74) is 0. The zero-order chi connectivity index (χ0) is 10.9. The minimum absolute atomic E-state index is 0.374. The highest BCUT2D eigenvalue weighted by Gasteiger charge is 2.58. The van der Waals surface area contributed by atoms with Gasteiger partial charge in [-0.3, -0.25) is 4.18 Å². The summed E-state index contributed by atoms with van der Waals surface area (Å²) in [5.74, 6) is -5.16. The van der Waals surface area contributed by atoms with Gasteiger partial charge in [-0.25, -0.2) is 0 Å². The van der Waals surface area contributed by atoms with E-state index in [9.17, 15) is 30.4 Å². The number of halogens is 5. The minimum atomic E-state index is -5.81. The Morgan fingerprint density at radius 1 is 1.15 bits per heavy atom. The Hall–Kier alpha value is -0.440. The second-order valence-electron chi connectivity index (χ2n) is 2.17. The van der Waals surface area contributed by atoms with Gasteiger partial charge in [0.25, 0.3) is 10.1 Å². The summed E-state index contributed by atoms with van der Waals surface area (Å²) in [6.45, 7) is -2.23. The van der Waals surface area contributed by atoms with E-state index in [1.165, 1.54) is 0 Å². The van der Waals surface area contributed by atoms with E-state index < -0.39 is 28.8 Å². The molecule has 0 aliphatic heterocycles. The van der Waals surface area contributed by atoms with Crippen molar-refractivity contribution >= 4 is 10.1 Å². The van der Waals surface area contributed by atoms with Gasteiger partial charge in [-0.15, -0.1) is 0 Å². The van der Waals surface area contributed by atoms with Gasteiger partial charge >= 0.3 is 12.1 Å². The zero-order valence-electron chi connectivity index (χ0n) is 6.23. The van der Waals surface area contributed by atoms with Gasteiger partial charge < -0.3 is 0 Å². The highest BCUT2D eigenvalue weighted by atomic mass is 32.2. The lowest BCUT2D eigenvalue weighted by Gasteiger charge is -2.18. The Bertz CT molecular complexity index is 266. The molecule has 3 nitrogen and oxygen atoms in total. The highest BCUT2D eigenvalue weighted by molar-refractivity contribution is 7.85. The number of alkyl halides is 5. The van der Waals surface area contributed by atoms with Gasteiger partial charge in [-0.1, -0.05) is 0 Å². The molecular formula is C4H5F5O3S. The lowest BCUT2D eigenvalue weighted by atomic mass is 10.3. The Balaban J connectivity index is 4.38. The molecule has 0 amide bonds. The van der Waals surface area contributed by atoms with Crippen molar-refractivity contribution in [3.63, 3.8) is 0 Å². The average molecular weight is 228 g/mol. The lowest BCUT2D eigenvalue weighted by molar-refractivity contribution is -0.289. The minimum Gasteiger partial charge on any atom is -0.264 e. The van der Waals surface area contributed by atoms with Crippen LogP contribution in [0.2, 0.25) is 0 Å². The Morgan fingerprint density at radius 3 is 1.77 bits per heavy atom. The quantitative estimate of drug-likeness (QED) is 0.537. The van der Waals surface area contributed by atoms with Gasteiger partial charge in [-0.2, -0.15) is 30.4 Å². The van der Waals surface area contributed by atoms with Crippen LogP contribution in [0.5, 0.6) is 0 Å². The van der Waals surface area contributed by atoms with E-state index in [2.05, 4.69) is 4.18 Å². The topological polar surface area (TPSA) is 43.4 Å². The first-order valence-electron chi connectivity index (χ1n) is 2.75. The van der Waals surface area contributed by atoms with Gasteiger partial charge in [0, 0.05) is 0 Å². The molecule has 0 rings (SSSR count). The summed E-state index contributed by atoms with van der Waals surface area (Å²) >= 11 is 0. The van der Waals surface area contributed by atoms with Crippen molar-refractivity contribution in [3.05, 3.63) is 0 Å². The third-order valence-corrected chi connectivity index (χ3v) is 1.42. The molecule has 0 atom stereocenters. The molecule has 0 aliphatic rings. The first kappa shape index (κ1) is 12.6. The molecule has 0 unspecified atom stereocenters. The van der Waals surface area contributed by atoms with Gasteiger partial charge in [0.2, 0.25) is 0 Å². The van der Waals surface area contributed by atoms with Crippen LogP contribution in [-0.4, -0.2) is 33.4 Å². The summed E-state index contributed by atoms with van der Waals surface area (Å²) in [6, 6.07) is 0. The van der Waals surface area contributed by atoms with Crippen molar-refractivity contribution in [1.82, 2.24) is 0 Å². The fourth-order valence-corrected chi connectivity index (χ4v) is 0.625. The molecule has 0 aromatic carbocycles. The molecule has 0 saturated carbocycles. The molecule has 0 bridgehead atoms. The second kappa shape index (κ2) is 3.37. The van der Waals surface area contributed by atoms with Gasteiger partial charge in [0.1, 0.15) is 6.61 Å². The SMILES string of the molecule is CS(=O)(=O)OCC(F)(F)C(F)(F)F. The maximum Gasteiger partial charge on any atom is 0.455 e. The van der Waals surface area contributed by atoms with Crippen molar-refractivity contribution in [2.45, 2.75) is 12.1 Å². The number of hydrogen-bond acceptors (Lipinski definition) is 3. The van der Waals surface area contributed by atoms with E-state index in [0.717, 1.165) is 0 Å². The Labute approximate surface area is 70.6 Å². The van der Waals surface area contributed by atoms with Crippen LogP contribution in [0.4, 0.5) is 22.0 Å². The lowest BCUT2D eigenvalue weighted by Crippen LogP contribution is -2.41. The maximum atomic E-state index is 11.9. The van der Waals surface area contributed by atoms with Crippen LogP contribution < -0.4 is 0 Å². The number of rotatable bonds is 3. The fourth-order valence-electron chi connectivity index (χ4n) is 0.263. The van der Waals surface area contributed by atoms with Gasteiger partial charge in [-0.05, 0) is 0 Å². The molecule has 0 N–H and O–H groups in total. The smallest absolute Gasteiger partial charge is 0.264 e. The first-order chi connectivity index (χ1) is 5.46. The van der Waals surface area contributed by atoms with Crippen molar-refractivity contribution < 1.29 is 34.6 Å². The molecule has 0 spiro atoms. The third kappa shape index (κ3) is 4.36. The highest BCUT2D eigenvalue weighted by Crippen LogP contribution is 2.35. The van der Waals surface area contributed by atoms with E-state index in [1.807, 2.05) is 0 Å². The average Bonchev–Trinajstić information content (AvgIpc) is 1.79. The van der Waals surface area contributed by atoms with Crippen molar-refractivity contribution in [2.24, 2.45) is 0 Å². The summed E-state index contributed by atoms with van der Waals surface area (Å²) < 4.78 is 81.5.